The van der Waals surface area contributed by atoms with E-state index in [2.05, 4.69) is 10.1 Å². The maximum absolute atomic E-state index is 13.5. The molecule has 10 heteroatoms. The summed E-state index contributed by atoms with van der Waals surface area (Å²) in [6, 6.07) is 12.0. The zero-order valence-electron chi connectivity index (χ0n) is 20.5. The Morgan fingerprint density at radius 3 is 2.46 bits per heavy atom. The van der Waals surface area contributed by atoms with Gasteiger partial charge in [-0.2, -0.15) is 0 Å². The first-order valence-electron chi connectivity index (χ1n) is 12.6. The summed E-state index contributed by atoms with van der Waals surface area (Å²) in [5, 5.41) is 14.3. The Hall–Kier alpha value is -3.88. The van der Waals surface area contributed by atoms with E-state index in [4.69, 9.17) is 32.5 Å². The van der Waals surface area contributed by atoms with Crippen molar-refractivity contribution in [2.75, 3.05) is 4.90 Å². The lowest BCUT2D eigenvalue weighted by Gasteiger charge is -2.18. The van der Waals surface area contributed by atoms with Gasteiger partial charge >= 0.3 is 5.97 Å². The second kappa shape index (κ2) is 8.83. The largest absolute Gasteiger partial charge is 0.489 e. The number of aromatic carboxylic acids is 1. The highest BCUT2D eigenvalue weighted by atomic mass is 35.5. The quantitative estimate of drug-likeness (QED) is 0.261. The average Bonchev–Trinajstić information content (AvgIpc) is 3.85. The monoisotopic (exact) mass is 561 g/mol. The highest BCUT2D eigenvalue weighted by Gasteiger charge is 2.59. The lowest BCUT2D eigenvalue weighted by atomic mass is 9.98. The van der Waals surface area contributed by atoms with E-state index in [1.807, 2.05) is 18.2 Å². The van der Waals surface area contributed by atoms with Crippen molar-refractivity contribution in [3.8, 4) is 17.0 Å². The predicted octanol–water partition coefficient (Wildman–Crippen LogP) is 6.91. The molecular weight excluding hydrogens is 541 g/mol. The van der Waals surface area contributed by atoms with Crippen LogP contribution in [-0.2, 0) is 16.8 Å². The third-order valence-corrected chi connectivity index (χ3v) is 8.27. The summed E-state index contributed by atoms with van der Waals surface area (Å²) in [6.45, 7) is 0.194. The number of amides is 1. The number of carboxylic acid groups (broad SMARTS) is 1. The van der Waals surface area contributed by atoms with Crippen LogP contribution in [0.25, 0.3) is 11.3 Å². The van der Waals surface area contributed by atoms with Crippen LogP contribution >= 0.6 is 23.2 Å². The Kier molecular flexibility index (Phi) is 5.47. The van der Waals surface area contributed by atoms with Crippen LogP contribution in [-0.4, -0.2) is 27.1 Å². The number of halogens is 2. The molecule has 2 aliphatic carbocycles. The van der Waals surface area contributed by atoms with Crippen molar-refractivity contribution in [1.29, 1.82) is 0 Å². The summed E-state index contributed by atoms with van der Waals surface area (Å²) in [5.41, 5.74) is 3.84. The Bertz CT molecular complexity index is 1640. The first-order valence-corrected chi connectivity index (χ1v) is 13.4. The second-order valence-corrected chi connectivity index (χ2v) is 11.0. The normalized spacial score (nSPS) is 17.0. The number of anilines is 2. The van der Waals surface area contributed by atoms with Gasteiger partial charge in [-0.1, -0.05) is 28.4 Å². The first kappa shape index (κ1) is 24.2. The summed E-state index contributed by atoms with van der Waals surface area (Å²) in [5.74, 6) is 0.677. The van der Waals surface area contributed by atoms with E-state index < -0.39 is 11.4 Å². The zero-order valence-corrected chi connectivity index (χ0v) is 22.0. The van der Waals surface area contributed by atoms with E-state index >= 15 is 0 Å². The highest BCUT2D eigenvalue weighted by Crippen LogP contribution is 2.59. The number of fused-ring (bicyclic) bond motifs is 2. The molecule has 2 saturated carbocycles. The number of ether oxygens (including phenoxy) is 1. The van der Waals surface area contributed by atoms with Crippen molar-refractivity contribution in [3.63, 3.8) is 0 Å². The number of nitrogens with zero attached hydrogens (tertiary/aromatic N) is 3. The van der Waals surface area contributed by atoms with Gasteiger partial charge in [-0.05, 0) is 73.7 Å². The van der Waals surface area contributed by atoms with E-state index in [-0.39, 0.29) is 24.0 Å². The highest BCUT2D eigenvalue weighted by molar-refractivity contribution is 6.38. The Morgan fingerprint density at radius 2 is 1.82 bits per heavy atom. The predicted molar refractivity (Wildman–Crippen MR) is 144 cm³/mol. The van der Waals surface area contributed by atoms with Gasteiger partial charge in [-0.15, -0.1) is 0 Å². The molecule has 0 saturated heterocycles. The molecule has 2 aromatic heterocycles. The molecule has 3 heterocycles. The van der Waals surface area contributed by atoms with Crippen LogP contribution in [0, 0.1) is 0 Å². The summed E-state index contributed by atoms with van der Waals surface area (Å²) in [7, 11) is 0. The molecule has 2 aromatic carbocycles. The fourth-order valence-electron chi connectivity index (χ4n) is 5.36. The summed E-state index contributed by atoms with van der Waals surface area (Å²) < 4.78 is 12.0. The number of benzene rings is 2. The summed E-state index contributed by atoms with van der Waals surface area (Å²) in [4.78, 5) is 30.5. The lowest BCUT2D eigenvalue weighted by Crippen LogP contribution is -2.27. The SMILES string of the molecule is O=C(O)c1ccc(N2C(=O)C3(CC3)c3cc(OCc4c(-c5c(Cl)cncc5Cl)noc4C4CC4)ccc32)cc1. The van der Waals surface area contributed by atoms with E-state index in [0.717, 1.165) is 48.3 Å². The molecule has 8 nitrogen and oxygen atoms in total. The van der Waals surface area contributed by atoms with Gasteiger partial charge in [0.15, 0.2) is 0 Å². The van der Waals surface area contributed by atoms with Gasteiger partial charge in [0, 0.05) is 29.6 Å². The summed E-state index contributed by atoms with van der Waals surface area (Å²) >= 11 is 12.9. The van der Waals surface area contributed by atoms with E-state index in [9.17, 15) is 14.7 Å². The van der Waals surface area contributed by atoms with E-state index in [0.29, 0.717) is 32.7 Å². The molecule has 2 fully saturated rings. The fourth-order valence-corrected chi connectivity index (χ4v) is 5.90. The molecule has 7 rings (SSSR count). The molecule has 39 heavy (non-hydrogen) atoms. The second-order valence-electron chi connectivity index (χ2n) is 10.2. The molecule has 1 aliphatic heterocycles. The molecule has 1 N–H and O–H groups in total. The van der Waals surface area contributed by atoms with E-state index in [1.165, 1.54) is 24.5 Å². The number of carbonyl (C=O) groups is 2. The molecule has 0 bridgehead atoms. The smallest absolute Gasteiger partial charge is 0.335 e. The third-order valence-electron chi connectivity index (χ3n) is 7.70. The minimum Gasteiger partial charge on any atom is -0.489 e. The standard InChI is InChI=1S/C29H21Cl2N3O5/c30-21-12-32-13-22(31)24(21)25-19(26(39-33-25)15-1-2-15)14-38-18-7-8-23-20(11-18)29(9-10-29)28(37)34(23)17-5-3-16(4-6-17)27(35)36/h3-8,11-13,15H,1-2,9-10,14H2,(H,35,36). The minimum atomic E-state index is -1.01. The molecule has 0 atom stereocenters. The molecule has 3 aliphatic rings. The van der Waals surface area contributed by atoms with Crippen molar-refractivity contribution < 1.29 is 24.0 Å². The van der Waals surface area contributed by atoms with Crippen LogP contribution in [0.2, 0.25) is 10.0 Å². The zero-order chi connectivity index (χ0) is 26.9. The molecule has 1 amide bonds. The van der Waals surface area contributed by atoms with Crippen LogP contribution in [0.15, 0.2) is 59.4 Å². The maximum Gasteiger partial charge on any atom is 0.335 e. The average molecular weight is 562 g/mol. The minimum absolute atomic E-state index is 0.00274. The van der Waals surface area contributed by atoms with Gasteiger partial charge in [0.1, 0.15) is 23.8 Å². The third kappa shape index (κ3) is 3.89. The number of aromatic nitrogens is 2. The van der Waals surface area contributed by atoms with Crippen LogP contribution in [0.4, 0.5) is 11.4 Å². The molecule has 0 radical (unpaired) electrons. The van der Waals surface area contributed by atoms with Gasteiger partial charge in [0.25, 0.3) is 0 Å². The van der Waals surface area contributed by atoms with Gasteiger partial charge in [0.2, 0.25) is 5.91 Å². The van der Waals surface area contributed by atoms with Gasteiger partial charge in [0.05, 0.1) is 32.3 Å². The van der Waals surface area contributed by atoms with Gasteiger partial charge in [-0.3, -0.25) is 14.7 Å². The lowest BCUT2D eigenvalue weighted by molar-refractivity contribution is -0.119. The topological polar surface area (TPSA) is 106 Å². The van der Waals surface area contributed by atoms with Crippen molar-refractivity contribution in [2.24, 2.45) is 0 Å². The van der Waals surface area contributed by atoms with Crippen molar-refractivity contribution in [2.45, 2.75) is 43.6 Å². The molecule has 0 unspecified atom stereocenters. The number of rotatable bonds is 7. The molecule has 4 aromatic rings. The van der Waals surface area contributed by atoms with Crippen LogP contribution in [0.1, 0.15) is 58.8 Å². The summed E-state index contributed by atoms with van der Waals surface area (Å²) in [6.07, 6.45) is 6.59. The Labute approximate surface area is 233 Å². The Morgan fingerprint density at radius 1 is 1.10 bits per heavy atom. The number of pyridine rings is 1. The molecule has 196 valence electrons. The molecule has 1 spiro atoms. The molecular formula is C29H21Cl2N3O5. The van der Waals surface area contributed by atoms with Crippen LogP contribution in [0.3, 0.4) is 0 Å². The van der Waals surface area contributed by atoms with Crippen molar-refractivity contribution in [1.82, 2.24) is 10.1 Å². The first-order chi connectivity index (χ1) is 18.9. The van der Waals surface area contributed by atoms with Crippen molar-refractivity contribution >= 4 is 46.5 Å². The van der Waals surface area contributed by atoms with Crippen molar-refractivity contribution in [3.05, 3.63) is 87.4 Å². The van der Waals surface area contributed by atoms with Gasteiger partial charge < -0.3 is 14.4 Å². The fraction of sp³-hybridized carbons (Fsp3) is 0.241. The maximum atomic E-state index is 13.5. The number of carboxylic acids is 1. The van der Waals surface area contributed by atoms with Crippen LogP contribution in [0.5, 0.6) is 5.75 Å². The Balaban J connectivity index is 1.21. The van der Waals surface area contributed by atoms with Crippen LogP contribution < -0.4 is 9.64 Å². The number of hydrogen-bond acceptors (Lipinski definition) is 6. The number of carbonyl (C=O) groups excluding carboxylic acids is 1. The number of hydrogen-bond donors (Lipinski definition) is 1. The van der Waals surface area contributed by atoms with Gasteiger partial charge in [-0.25, -0.2) is 4.79 Å². The van der Waals surface area contributed by atoms with E-state index in [1.54, 1.807) is 17.0 Å².